The number of rotatable bonds is 4. The van der Waals surface area contributed by atoms with Gasteiger partial charge in [0.25, 0.3) is 0 Å². The van der Waals surface area contributed by atoms with Crippen LogP contribution in [0.1, 0.15) is 84.1 Å². The SMILES string of the molecule is CCC(C)(Pc1ccccc1C(F)(F)F)c1cc(C(C)(C)C)cc(C(C)(C)C)c1O. The minimum absolute atomic E-state index is 0.126. The van der Waals surface area contributed by atoms with Crippen molar-refractivity contribution in [1.82, 2.24) is 0 Å². The molecule has 1 N–H and O–H groups in total. The molecule has 0 heterocycles. The molecule has 0 fully saturated rings. The van der Waals surface area contributed by atoms with Crippen LogP contribution < -0.4 is 5.30 Å². The van der Waals surface area contributed by atoms with Crippen molar-refractivity contribution in [3.63, 3.8) is 0 Å². The van der Waals surface area contributed by atoms with Gasteiger partial charge in [0.15, 0.2) is 0 Å². The zero-order valence-corrected chi connectivity index (χ0v) is 20.3. The van der Waals surface area contributed by atoms with Crippen LogP contribution in [0.4, 0.5) is 13.2 Å². The lowest BCUT2D eigenvalue weighted by Gasteiger charge is -2.35. The van der Waals surface area contributed by atoms with Gasteiger partial charge < -0.3 is 5.11 Å². The Hall–Kier alpha value is -1.54. The molecule has 0 aliphatic heterocycles. The summed E-state index contributed by atoms with van der Waals surface area (Å²) in [7, 11) is -0.126. The van der Waals surface area contributed by atoms with Gasteiger partial charge in [-0.3, -0.25) is 0 Å². The Kier molecular flexibility index (Phi) is 6.75. The summed E-state index contributed by atoms with van der Waals surface area (Å²) in [5.74, 6) is 0.205. The summed E-state index contributed by atoms with van der Waals surface area (Å²) < 4.78 is 40.8. The zero-order valence-electron chi connectivity index (χ0n) is 19.3. The molecule has 2 aromatic carbocycles. The van der Waals surface area contributed by atoms with E-state index in [4.69, 9.17) is 0 Å². The standard InChI is InChI=1S/C25H34F3OP/c1-9-24(8,30-20-13-11-10-12-17(20)25(26,27)28)19-15-16(22(2,3)4)14-18(21(19)29)23(5,6)7/h10-15,29-30H,9H2,1-8H3. The van der Waals surface area contributed by atoms with Crippen LogP contribution >= 0.6 is 8.58 Å². The molecule has 0 spiro atoms. The predicted octanol–water partition coefficient (Wildman–Crippen LogP) is 7.64. The number of benzene rings is 2. The number of phenols is 1. The van der Waals surface area contributed by atoms with Gasteiger partial charge in [-0.2, -0.15) is 13.2 Å². The lowest BCUT2D eigenvalue weighted by atomic mass is 9.77. The molecule has 0 amide bonds. The average molecular weight is 439 g/mol. The van der Waals surface area contributed by atoms with Crippen molar-refractivity contribution in [2.24, 2.45) is 0 Å². The van der Waals surface area contributed by atoms with Gasteiger partial charge >= 0.3 is 6.18 Å². The fourth-order valence-corrected chi connectivity index (χ4v) is 5.18. The van der Waals surface area contributed by atoms with Crippen LogP contribution in [0.15, 0.2) is 36.4 Å². The van der Waals surface area contributed by atoms with E-state index in [2.05, 4.69) is 20.8 Å². The third-order valence-electron chi connectivity index (χ3n) is 5.73. The van der Waals surface area contributed by atoms with Gasteiger partial charge in [0, 0.05) is 10.7 Å². The first kappa shape index (κ1) is 24.7. The molecule has 2 aromatic rings. The van der Waals surface area contributed by atoms with Crippen molar-refractivity contribution in [3.05, 3.63) is 58.7 Å². The summed E-state index contributed by atoms with van der Waals surface area (Å²) in [5.41, 5.74) is 1.61. The van der Waals surface area contributed by atoms with E-state index in [1.54, 1.807) is 12.1 Å². The molecule has 1 nitrogen and oxygen atoms in total. The smallest absolute Gasteiger partial charge is 0.417 e. The van der Waals surface area contributed by atoms with Gasteiger partial charge in [0.1, 0.15) is 5.75 Å². The van der Waals surface area contributed by atoms with Crippen LogP contribution in [0.25, 0.3) is 0 Å². The van der Waals surface area contributed by atoms with Crippen molar-refractivity contribution < 1.29 is 18.3 Å². The molecule has 2 atom stereocenters. The predicted molar refractivity (Wildman–Crippen MR) is 123 cm³/mol. The average Bonchev–Trinajstić information content (AvgIpc) is 2.59. The number of halogens is 3. The van der Waals surface area contributed by atoms with E-state index < -0.39 is 16.9 Å². The van der Waals surface area contributed by atoms with Crippen molar-refractivity contribution in [1.29, 1.82) is 0 Å². The lowest BCUT2D eigenvalue weighted by Crippen LogP contribution is -2.25. The van der Waals surface area contributed by atoms with E-state index in [0.717, 1.165) is 22.8 Å². The molecule has 0 radical (unpaired) electrons. The Balaban J connectivity index is 2.74. The van der Waals surface area contributed by atoms with Crippen molar-refractivity contribution in [3.8, 4) is 5.75 Å². The highest BCUT2D eigenvalue weighted by Crippen LogP contribution is 2.51. The molecular formula is C25H34F3OP. The fourth-order valence-electron chi connectivity index (χ4n) is 3.54. The molecule has 2 unspecified atom stereocenters. The molecule has 166 valence electrons. The summed E-state index contributed by atoms with van der Waals surface area (Å²) in [6.45, 7) is 16.4. The van der Waals surface area contributed by atoms with E-state index in [0.29, 0.717) is 6.42 Å². The summed E-state index contributed by atoms with van der Waals surface area (Å²) >= 11 is 0. The topological polar surface area (TPSA) is 20.2 Å². The number of hydrogen-bond acceptors (Lipinski definition) is 1. The van der Waals surface area contributed by atoms with E-state index in [1.807, 2.05) is 46.8 Å². The van der Waals surface area contributed by atoms with Crippen LogP contribution in [0, 0.1) is 0 Å². The van der Waals surface area contributed by atoms with Crippen LogP contribution in [-0.4, -0.2) is 5.11 Å². The van der Waals surface area contributed by atoms with Crippen LogP contribution in [-0.2, 0) is 22.2 Å². The highest BCUT2D eigenvalue weighted by Gasteiger charge is 2.38. The minimum atomic E-state index is -4.40. The van der Waals surface area contributed by atoms with E-state index in [9.17, 15) is 18.3 Å². The first-order chi connectivity index (χ1) is 13.5. The monoisotopic (exact) mass is 438 g/mol. The third-order valence-corrected chi connectivity index (χ3v) is 7.61. The normalized spacial score (nSPS) is 15.6. The lowest BCUT2D eigenvalue weighted by molar-refractivity contribution is -0.136. The summed E-state index contributed by atoms with van der Waals surface area (Å²) in [4.78, 5) is 0. The van der Waals surface area contributed by atoms with Crippen LogP contribution in [0.2, 0.25) is 0 Å². The zero-order chi connectivity index (χ0) is 23.1. The van der Waals surface area contributed by atoms with E-state index in [1.165, 1.54) is 6.07 Å². The molecule has 2 rings (SSSR count). The molecule has 5 heteroatoms. The fraction of sp³-hybridized carbons (Fsp3) is 0.520. The van der Waals surface area contributed by atoms with Gasteiger partial charge in [-0.05, 0) is 39.7 Å². The first-order valence-corrected chi connectivity index (χ1v) is 11.3. The maximum Gasteiger partial charge on any atom is 0.417 e. The molecule has 0 saturated heterocycles. The number of phenolic OH excluding ortho intramolecular Hbond substituents is 1. The van der Waals surface area contributed by atoms with E-state index >= 15 is 0 Å². The Morgan fingerprint density at radius 1 is 0.800 bits per heavy atom. The molecule has 0 aliphatic carbocycles. The molecule has 0 bridgehead atoms. The molecule has 0 aliphatic rings. The Labute approximate surface area is 180 Å². The van der Waals surface area contributed by atoms with E-state index in [-0.39, 0.29) is 30.5 Å². The highest BCUT2D eigenvalue weighted by atomic mass is 31.1. The Morgan fingerprint density at radius 2 is 1.33 bits per heavy atom. The Bertz CT molecular complexity index is 904. The minimum Gasteiger partial charge on any atom is -0.507 e. The second-order valence-electron chi connectivity index (χ2n) is 10.3. The number of hydrogen-bond donors (Lipinski definition) is 1. The van der Waals surface area contributed by atoms with Crippen molar-refractivity contribution in [2.75, 3.05) is 0 Å². The Morgan fingerprint density at radius 3 is 1.80 bits per heavy atom. The van der Waals surface area contributed by atoms with Gasteiger partial charge in [0.05, 0.1) is 5.56 Å². The van der Waals surface area contributed by atoms with Gasteiger partial charge in [-0.15, -0.1) is 0 Å². The molecule has 0 aromatic heterocycles. The van der Waals surface area contributed by atoms with Gasteiger partial charge in [0.2, 0.25) is 0 Å². The first-order valence-electron chi connectivity index (χ1n) is 10.3. The molecule has 0 saturated carbocycles. The van der Waals surface area contributed by atoms with Crippen molar-refractivity contribution in [2.45, 2.75) is 84.0 Å². The highest BCUT2D eigenvalue weighted by molar-refractivity contribution is 7.48. The molecular weight excluding hydrogens is 404 g/mol. The van der Waals surface area contributed by atoms with Crippen LogP contribution in [0.5, 0.6) is 5.75 Å². The van der Waals surface area contributed by atoms with Crippen LogP contribution in [0.3, 0.4) is 0 Å². The third kappa shape index (κ3) is 5.19. The summed E-state index contributed by atoms with van der Waals surface area (Å²) in [5, 5.41) is 10.9. The second kappa shape index (κ2) is 8.19. The largest absolute Gasteiger partial charge is 0.507 e. The maximum absolute atomic E-state index is 13.6. The summed E-state index contributed by atoms with van der Waals surface area (Å²) in [6, 6.07) is 9.82. The number of alkyl halides is 3. The van der Waals surface area contributed by atoms with Crippen molar-refractivity contribution >= 4 is 13.9 Å². The quantitative estimate of drug-likeness (QED) is 0.487. The number of aromatic hydroxyl groups is 1. The second-order valence-corrected chi connectivity index (χ2v) is 12.2. The maximum atomic E-state index is 13.6. The van der Waals surface area contributed by atoms with Gasteiger partial charge in [-0.1, -0.05) is 94.3 Å². The molecule has 30 heavy (non-hydrogen) atoms. The van der Waals surface area contributed by atoms with Gasteiger partial charge in [-0.25, -0.2) is 0 Å². The summed E-state index contributed by atoms with van der Waals surface area (Å²) in [6.07, 6.45) is -3.79.